The van der Waals surface area contributed by atoms with Crippen LogP contribution >= 0.6 is 12.4 Å². The van der Waals surface area contributed by atoms with Crippen LogP contribution in [0.2, 0.25) is 0 Å². The van der Waals surface area contributed by atoms with Crippen molar-refractivity contribution >= 4 is 29.0 Å². The second kappa shape index (κ2) is 4.13. The molecular weight excluding hydrogens is 234 g/mol. The molecule has 1 aliphatic rings. The number of nitrogens with two attached hydrogens (primary N) is 1. The highest BCUT2D eigenvalue weighted by Crippen LogP contribution is 2.29. The second-order valence-electron chi connectivity index (χ2n) is 4.49. The van der Waals surface area contributed by atoms with Crippen LogP contribution in [0.15, 0.2) is 30.3 Å². The molecule has 2 aromatic carbocycles. The van der Waals surface area contributed by atoms with E-state index in [1.165, 1.54) is 16.3 Å². The van der Waals surface area contributed by atoms with Gasteiger partial charge in [-0.2, -0.15) is 0 Å². The van der Waals surface area contributed by atoms with Gasteiger partial charge in [0.2, 0.25) is 0 Å². The molecule has 2 aromatic rings. The second-order valence-corrected chi connectivity index (χ2v) is 4.49. The number of fused-ring (bicyclic) bond motifs is 3. The van der Waals surface area contributed by atoms with Crippen LogP contribution in [0.5, 0.6) is 0 Å². The number of Topliss-reactive ketones (excluding diaryl/α,β-unsaturated/α-hetero) is 1. The average molecular weight is 248 g/mol. The van der Waals surface area contributed by atoms with Gasteiger partial charge in [-0.05, 0) is 29.7 Å². The van der Waals surface area contributed by atoms with E-state index in [2.05, 4.69) is 25.1 Å². The molecule has 0 aromatic heterocycles. The summed E-state index contributed by atoms with van der Waals surface area (Å²) >= 11 is 0. The maximum atomic E-state index is 11.8. The molecule has 0 amide bonds. The zero-order valence-corrected chi connectivity index (χ0v) is 10.4. The van der Waals surface area contributed by atoms with Gasteiger partial charge in [-0.3, -0.25) is 4.79 Å². The minimum Gasteiger partial charge on any atom is -0.321 e. The Morgan fingerprint density at radius 1 is 1.24 bits per heavy atom. The van der Waals surface area contributed by atoms with Gasteiger partial charge in [0.05, 0.1) is 6.04 Å². The quantitative estimate of drug-likeness (QED) is 0.778. The van der Waals surface area contributed by atoms with E-state index in [1.54, 1.807) is 0 Å². The number of rotatable bonds is 0. The van der Waals surface area contributed by atoms with Gasteiger partial charge < -0.3 is 5.73 Å². The summed E-state index contributed by atoms with van der Waals surface area (Å²) in [7, 11) is 0. The van der Waals surface area contributed by atoms with E-state index in [1.807, 2.05) is 12.1 Å². The van der Waals surface area contributed by atoms with Crippen molar-refractivity contribution in [3.63, 3.8) is 0 Å². The zero-order valence-electron chi connectivity index (χ0n) is 9.57. The van der Waals surface area contributed by atoms with Crippen molar-refractivity contribution in [3.05, 3.63) is 47.0 Å². The monoisotopic (exact) mass is 247 g/mol. The molecule has 1 aliphatic carbocycles. The third-order valence-electron chi connectivity index (χ3n) is 3.31. The molecule has 0 saturated heterocycles. The number of benzene rings is 2. The molecule has 3 rings (SSSR count). The lowest BCUT2D eigenvalue weighted by atomic mass is 9.99. The maximum Gasteiger partial charge on any atom is 0.180 e. The van der Waals surface area contributed by atoms with Crippen LogP contribution in [-0.2, 0) is 6.42 Å². The fraction of sp³-hybridized carbons (Fsp3) is 0.214. The smallest absolute Gasteiger partial charge is 0.180 e. The van der Waals surface area contributed by atoms with Crippen molar-refractivity contribution < 1.29 is 4.79 Å². The third kappa shape index (κ3) is 1.74. The van der Waals surface area contributed by atoms with Gasteiger partial charge in [0.15, 0.2) is 5.78 Å². The van der Waals surface area contributed by atoms with Gasteiger partial charge in [0.25, 0.3) is 0 Å². The molecule has 0 aliphatic heterocycles. The van der Waals surface area contributed by atoms with Crippen molar-refractivity contribution in [1.82, 2.24) is 0 Å². The molecule has 0 heterocycles. The molecule has 0 bridgehead atoms. The van der Waals surface area contributed by atoms with Crippen molar-refractivity contribution in [3.8, 4) is 0 Å². The van der Waals surface area contributed by atoms with Crippen molar-refractivity contribution in [1.29, 1.82) is 0 Å². The molecule has 17 heavy (non-hydrogen) atoms. The van der Waals surface area contributed by atoms with Crippen molar-refractivity contribution in [2.75, 3.05) is 0 Å². The van der Waals surface area contributed by atoms with E-state index in [-0.39, 0.29) is 24.2 Å². The van der Waals surface area contributed by atoms with Crippen molar-refractivity contribution in [2.45, 2.75) is 19.4 Å². The zero-order chi connectivity index (χ0) is 11.3. The first-order chi connectivity index (χ1) is 7.66. The van der Waals surface area contributed by atoms with E-state index >= 15 is 0 Å². The van der Waals surface area contributed by atoms with Crippen LogP contribution in [0.1, 0.15) is 21.5 Å². The predicted octanol–water partition coefficient (Wildman–Crippen LogP) is 2.64. The van der Waals surface area contributed by atoms with E-state index in [0.717, 1.165) is 11.1 Å². The van der Waals surface area contributed by atoms with Gasteiger partial charge in [-0.1, -0.05) is 35.9 Å². The SMILES string of the molecule is Cc1ccc2c3c(ccc2c1)C(=O)C(N)C3.Cl. The Kier molecular flexibility index (Phi) is 2.94. The number of aryl methyl sites for hydroxylation is 1. The number of carbonyl (C=O) groups is 1. The third-order valence-corrected chi connectivity index (χ3v) is 3.31. The molecule has 2 N–H and O–H groups in total. The topological polar surface area (TPSA) is 43.1 Å². The first-order valence-electron chi connectivity index (χ1n) is 5.49. The van der Waals surface area contributed by atoms with E-state index in [9.17, 15) is 4.79 Å². The van der Waals surface area contributed by atoms with Crippen LogP contribution in [0.3, 0.4) is 0 Å². The molecule has 0 fully saturated rings. The summed E-state index contributed by atoms with van der Waals surface area (Å²) in [4.78, 5) is 11.8. The summed E-state index contributed by atoms with van der Waals surface area (Å²) in [5.74, 6) is 0.0810. The Hall–Kier alpha value is -1.38. The fourth-order valence-corrected chi connectivity index (χ4v) is 2.48. The molecule has 0 saturated carbocycles. The summed E-state index contributed by atoms with van der Waals surface area (Å²) in [6.07, 6.45) is 0.675. The van der Waals surface area contributed by atoms with Gasteiger partial charge in [-0.25, -0.2) is 0 Å². The highest BCUT2D eigenvalue weighted by Gasteiger charge is 2.28. The summed E-state index contributed by atoms with van der Waals surface area (Å²) in [5.41, 5.74) is 8.97. The number of hydrogen-bond acceptors (Lipinski definition) is 2. The Morgan fingerprint density at radius 3 is 2.76 bits per heavy atom. The van der Waals surface area contributed by atoms with Gasteiger partial charge in [0.1, 0.15) is 0 Å². The Balaban J connectivity index is 0.00000108. The van der Waals surface area contributed by atoms with Gasteiger partial charge in [0, 0.05) is 5.56 Å². The summed E-state index contributed by atoms with van der Waals surface area (Å²) in [5, 5.41) is 2.37. The molecule has 3 heteroatoms. The fourth-order valence-electron chi connectivity index (χ4n) is 2.48. The predicted molar refractivity (Wildman–Crippen MR) is 71.9 cm³/mol. The van der Waals surface area contributed by atoms with E-state index in [0.29, 0.717) is 6.42 Å². The lowest BCUT2D eigenvalue weighted by Gasteiger charge is -2.05. The maximum absolute atomic E-state index is 11.8. The Morgan fingerprint density at radius 2 is 2.00 bits per heavy atom. The van der Waals surface area contributed by atoms with Crippen LogP contribution in [0, 0.1) is 6.92 Å². The Labute approximate surface area is 106 Å². The largest absolute Gasteiger partial charge is 0.321 e. The molecule has 1 atom stereocenters. The highest BCUT2D eigenvalue weighted by molar-refractivity contribution is 6.08. The minimum atomic E-state index is -0.345. The highest BCUT2D eigenvalue weighted by atomic mass is 35.5. The molecule has 1 unspecified atom stereocenters. The normalized spacial score (nSPS) is 18.0. The summed E-state index contributed by atoms with van der Waals surface area (Å²) in [6.45, 7) is 2.07. The van der Waals surface area contributed by atoms with Crippen LogP contribution in [0.4, 0.5) is 0 Å². The van der Waals surface area contributed by atoms with E-state index in [4.69, 9.17) is 5.73 Å². The number of carbonyl (C=O) groups excluding carboxylic acids is 1. The van der Waals surface area contributed by atoms with Crippen LogP contribution in [-0.4, -0.2) is 11.8 Å². The molecular formula is C14H14ClNO. The number of ketones is 1. The van der Waals surface area contributed by atoms with Crippen LogP contribution in [0.25, 0.3) is 10.8 Å². The first kappa shape index (κ1) is 12.1. The first-order valence-corrected chi connectivity index (χ1v) is 5.49. The standard InChI is InChI=1S/C14H13NO.ClH/c1-8-2-4-10-9(6-8)3-5-11-12(10)7-13(15)14(11)16;/h2-6,13H,7,15H2,1H3;1H. The van der Waals surface area contributed by atoms with Crippen molar-refractivity contribution in [2.24, 2.45) is 5.73 Å². The molecule has 2 nitrogen and oxygen atoms in total. The summed E-state index contributed by atoms with van der Waals surface area (Å²) < 4.78 is 0. The summed E-state index contributed by atoms with van der Waals surface area (Å²) in [6, 6.07) is 9.89. The lowest BCUT2D eigenvalue weighted by molar-refractivity contribution is 0.0974. The minimum absolute atomic E-state index is 0. The number of hydrogen-bond donors (Lipinski definition) is 1. The molecule has 0 radical (unpaired) electrons. The molecule has 0 spiro atoms. The Bertz CT molecular complexity index is 606. The van der Waals surface area contributed by atoms with E-state index < -0.39 is 0 Å². The van der Waals surface area contributed by atoms with Gasteiger partial charge in [-0.15, -0.1) is 12.4 Å². The van der Waals surface area contributed by atoms with Crippen LogP contribution < -0.4 is 5.73 Å². The molecule has 88 valence electrons. The average Bonchev–Trinajstić information content (AvgIpc) is 2.55. The van der Waals surface area contributed by atoms with Gasteiger partial charge >= 0.3 is 0 Å². The lowest BCUT2D eigenvalue weighted by Crippen LogP contribution is -2.26. The number of halogens is 1.